The monoisotopic (exact) mass is 474 g/mol. The molecular formula is C25H29F3N4O2. The Morgan fingerprint density at radius 3 is 2.41 bits per heavy atom. The molecule has 0 spiro atoms. The fraction of sp³-hybridized carbons (Fsp3) is 0.360. The van der Waals surface area contributed by atoms with Crippen LogP contribution in [0.3, 0.4) is 0 Å². The molecule has 9 heteroatoms. The lowest BCUT2D eigenvalue weighted by molar-refractivity contribution is -0.138. The molecule has 3 aromatic rings. The van der Waals surface area contributed by atoms with Crippen LogP contribution in [0.15, 0.2) is 65.3 Å². The summed E-state index contributed by atoms with van der Waals surface area (Å²) in [5.74, 6) is -0.105. The molecule has 0 aliphatic rings. The number of oxazole rings is 1. The number of likely N-dealkylation sites (N-methyl/N-ethyl adjacent to an activating group) is 1. The van der Waals surface area contributed by atoms with E-state index in [0.29, 0.717) is 13.1 Å². The molecule has 2 aromatic carbocycles. The molecule has 0 saturated carbocycles. The molecule has 0 bridgehead atoms. The molecule has 1 amide bonds. The van der Waals surface area contributed by atoms with E-state index in [1.807, 2.05) is 61.2 Å². The average molecular weight is 475 g/mol. The standard InChI is InChI=1S/C25H29F3N4O2/c1-18(19-9-5-4-6-10-19)32(15-20-11-7-8-12-21(20)25(26,27)28)16-23-30-22(17-34-23)24(33)29-13-14-31(2)3/h4-12,17-18H,13-16H2,1-3H3,(H,29,33)/t18-/m1/s1. The highest BCUT2D eigenvalue weighted by Gasteiger charge is 2.34. The zero-order chi connectivity index (χ0) is 24.7. The van der Waals surface area contributed by atoms with E-state index in [9.17, 15) is 18.0 Å². The average Bonchev–Trinajstić information content (AvgIpc) is 3.27. The van der Waals surface area contributed by atoms with Crippen LogP contribution in [0.1, 0.15) is 46.0 Å². The number of carbonyl (C=O) groups is 1. The maximum atomic E-state index is 13.6. The van der Waals surface area contributed by atoms with Crippen LogP contribution in [0, 0.1) is 0 Å². The van der Waals surface area contributed by atoms with Crippen LogP contribution in [0.5, 0.6) is 0 Å². The highest BCUT2D eigenvalue weighted by molar-refractivity contribution is 5.91. The number of rotatable bonds is 10. The van der Waals surface area contributed by atoms with Crippen molar-refractivity contribution >= 4 is 5.91 Å². The zero-order valence-corrected chi connectivity index (χ0v) is 19.5. The van der Waals surface area contributed by atoms with Gasteiger partial charge in [-0.3, -0.25) is 9.69 Å². The fourth-order valence-electron chi connectivity index (χ4n) is 3.57. The van der Waals surface area contributed by atoms with Gasteiger partial charge in [0.1, 0.15) is 6.26 Å². The van der Waals surface area contributed by atoms with Crippen LogP contribution in [0.4, 0.5) is 13.2 Å². The topological polar surface area (TPSA) is 61.6 Å². The van der Waals surface area contributed by atoms with E-state index >= 15 is 0 Å². The number of aromatic nitrogens is 1. The number of hydrogen-bond donors (Lipinski definition) is 1. The molecule has 182 valence electrons. The van der Waals surface area contributed by atoms with E-state index in [4.69, 9.17) is 4.42 Å². The molecule has 0 radical (unpaired) electrons. The van der Waals surface area contributed by atoms with Gasteiger partial charge in [0, 0.05) is 25.7 Å². The second-order valence-electron chi connectivity index (χ2n) is 8.33. The van der Waals surface area contributed by atoms with Crippen LogP contribution in [-0.4, -0.2) is 47.9 Å². The number of alkyl halides is 3. The van der Waals surface area contributed by atoms with Crippen molar-refractivity contribution in [2.45, 2.75) is 32.2 Å². The van der Waals surface area contributed by atoms with E-state index < -0.39 is 11.7 Å². The Bertz CT molecular complexity index is 1070. The number of hydrogen-bond acceptors (Lipinski definition) is 5. The van der Waals surface area contributed by atoms with Gasteiger partial charge in [0.2, 0.25) is 5.89 Å². The van der Waals surface area contributed by atoms with E-state index in [1.165, 1.54) is 18.4 Å². The summed E-state index contributed by atoms with van der Waals surface area (Å²) in [5.41, 5.74) is 0.566. The number of nitrogens with zero attached hydrogens (tertiary/aromatic N) is 3. The van der Waals surface area contributed by atoms with Crippen LogP contribution < -0.4 is 5.32 Å². The van der Waals surface area contributed by atoms with Crippen molar-refractivity contribution in [1.82, 2.24) is 20.1 Å². The lowest BCUT2D eigenvalue weighted by atomic mass is 10.0. The summed E-state index contributed by atoms with van der Waals surface area (Å²) >= 11 is 0. The summed E-state index contributed by atoms with van der Waals surface area (Å²) < 4.78 is 46.3. The third-order valence-electron chi connectivity index (χ3n) is 5.49. The molecule has 1 aromatic heterocycles. The highest BCUT2D eigenvalue weighted by Crippen LogP contribution is 2.34. The van der Waals surface area contributed by atoms with E-state index in [-0.39, 0.29) is 42.2 Å². The van der Waals surface area contributed by atoms with Crippen molar-refractivity contribution < 1.29 is 22.4 Å². The third-order valence-corrected chi connectivity index (χ3v) is 5.49. The minimum atomic E-state index is -4.46. The van der Waals surface area contributed by atoms with Gasteiger partial charge in [-0.2, -0.15) is 13.2 Å². The van der Waals surface area contributed by atoms with Crippen molar-refractivity contribution in [2.75, 3.05) is 27.2 Å². The molecule has 34 heavy (non-hydrogen) atoms. The molecule has 1 heterocycles. The largest absolute Gasteiger partial charge is 0.447 e. The first-order valence-corrected chi connectivity index (χ1v) is 11.0. The molecule has 0 aliphatic heterocycles. The quantitative estimate of drug-likeness (QED) is 0.460. The first-order valence-electron chi connectivity index (χ1n) is 11.0. The molecular weight excluding hydrogens is 445 g/mol. The van der Waals surface area contributed by atoms with Gasteiger partial charge in [-0.1, -0.05) is 48.5 Å². The molecule has 0 unspecified atom stereocenters. The predicted octanol–water partition coefficient (Wildman–Crippen LogP) is 4.75. The minimum absolute atomic E-state index is 0.0263. The Hall–Kier alpha value is -3.17. The molecule has 0 saturated heterocycles. The first-order chi connectivity index (χ1) is 16.1. The highest BCUT2D eigenvalue weighted by atomic mass is 19.4. The summed E-state index contributed by atoms with van der Waals surface area (Å²) in [7, 11) is 3.81. The van der Waals surface area contributed by atoms with Crippen molar-refractivity contribution in [1.29, 1.82) is 0 Å². The molecule has 3 rings (SSSR count). The summed E-state index contributed by atoms with van der Waals surface area (Å²) in [5, 5.41) is 2.77. The fourth-order valence-corrected chi connectivity index (χ4v) is 3.57. The SMILES string of the molecule is C[C@H](c1ccccc1)N(Cc1nc(C(=O)NCCN(C)C)co1)Cc1ccccc1C(F)(F)F. The minimum Gasteiger partial charge on any atom is -0.447 e. The third kappa shape index (κ3) is 6.91. The normalized spacial score (nSPS) is 12.8. The van der Waals surface area contributed by atoms with E-state index in [0.717, 1.165) is 11.6 Å². The Kier molecular flexibility index (Phi) is 8.46. The van der Waals surface area contributed by atoms with Crippen LogP contribution in [0.25, 0.3) is 0 Å². The Balaban J connectivity index is 1.82. The van der Waals surface area contributed by atoms with Gasteiger partial charge in [-0.05, 0) is 38.2 Å². The van der Waals surface area contributed by atoms with Crippen molar-refractivity contribution in [2.24, 2.45) is 0 Å². The number of halogens is 3. The lowest BCUT2D eigenvalue weighted by Crippen LogP contribution is -2.31. The predicted molar refractivity (Wildman–Crippen MR) is 123 cm³/mol. The van der Waals surface area contributed by atoms with E-state index in [2.05, 4.69) is 10.3 Å². The van der Waals surface area contributed by atoms with Gasteiger partial charge in [0.25, 0.3) is 5.91 Å². The smallest absolute Gasteiger partial charge is 0.416 e. The maximum absolute atomic E-state index is 13.6. The van der Waals surface area contributed by atoms with Gasteiger partial charge >= 0.3 is 6.18 Å². The summed E-state index contributed by atoms with van der Waals surface area (Å²) in [4.78, 5) is 20.4. The van der Waals surface area contributed by atoms with Crippen LogP contribution >= 0.6 is 0 Å². The lowest BCUT2D eigenvalue weighted by Gasteiger charge is -2.29. The zero-order valence-electron chi connectivity index (χ0n) is 19.5. The first kappa shape index (κ1) is 25.5. The number of amides is 1. The van der Waals surface area contributed by atoms with Gasteiger partial charge in [0.05, 0.1) is 12.1 Å². The van der Waals surface area contributed by atoms with E-state index in [1.54, 1.807) is 6.07 Å². The van der Waals surface area contributed by atoms with Crippen molar-refractivity contribution in [3.05, 3.63) is 89.1 Å². The van der Waals surface area contributed by atoms with Crippen LogP contribution in [0.2, 0.25) is 0 Å². The second kappa shape index (κ2) is 11.3. The van der Waals surface area contributed by atoms with Crippen molar-refractivity contribution in [3.8, 4) is 0 Å². The van der Waals surface area contributed by atoms with Gasteiger partial charge in [-0.25, -0.2) is 4.98 Å². The summed E-state index contributed by atoms with van der Waals surface area (Å²) in [6.45, 7) is 3.21. The second-order valence-corrected chi connectivity index (χ2v) is 8.33. The number of benzene rings is 2. The Morgan fingerprint density at radius 2 is 1.74 bits per heavy atom. The molecule has 1 N–H and O–H groups in total. The number of carbonyl (C=O) groups excluding carboxylic acids is 1. The van der Waals surface area contributed by atoms with Gasteiger partial charge in [-0.15, -0.1) is 0 Å². The molecule has 0 fully saturated rings. The summed E-state index contributed by atoms with van der Waals surface area (Å²) in [6.07, 6.45) is -3.19. The maximum Gasteiger partial charge on any atom is 0.416 e. The number of nitrogens with one attached hydrogen (secondary N) is 1. The molecule has 1 atom stereocenters. The van der Waals surface area contributed by atoms with Gasteiger partial charge in [0.15, 0.2) is 5.69 Å². The molecule has 6 nitrogen and oxygen atoms in total. The molecule has 0 aliphatic carbocycles. The van der Waals surface area contributed by atoms with Gasteiger partial charge < -0.3 is 14.6 Å². The Labute approximate surface area is 197 Å². The van der Waals surface area contributed by atoms with Crippen molar-refractivity contribution in [3.63, 3.8) is 0 Å². The van der Waals surface area contributed by atoms with Crippen LogP contribution in [-0.2, 0) is 19.3 Å². The summed E-state index contributed by atoms with van der Waals surface area (Å²) in [6, 6.07) is 14.8. The Morgan fingerprint density at radius 1 is 1.06 bits per heavy atom.